The number of hydrogen-bond donors (Lipinski definition) is 1. The van der Waals surface area contributed by atoms with E-state index in [2.05, 4.69) is 4.98 Å². The van der Waals surface area contributed by atoms with Crippen LogP contribution >= 0.6 is 0 Å². The van der Waals surface area contributed by atoms with E-state index in [9.17, 15) is 14.7 Å². The number of aromatic nitrogens is 1. The maximum Gasteiger partial charge on any atom is 0.360 e. The van der Waals surface area contributed by atoms with Crippen molar-refractivity contribution in [2.24, 2.45) is 0 Å². The first kappa shape index (κ1) is 19.2. The van der Waals surface area contributed by atoms with Crippen molar-refractivity contribution in [2.45, 2.75) is 13.5 Å². The molecule has 0 aliphatic carbocycles. The minimum atomic E-state index is -0.721. The summed E-state index contributed by atoms with van der Waals surface area (Å²) in [6.07, 6.45) is 0.661. The highest BCUT2D eigenvalue weighted by Gasteiger charge is 2.21. The zero-order valence-electron chi connectivity index (χ0n) is 15.6. The zero-order valence-corrected chi connectivity index (χ0v) is 15.6. The number of aromatic hydroxyl groups is 1. The fraction of sp³-hybridized carbons (Fsp3) is 0.190. The standard InChI is InChI=1S/C21H20N2O5/c1-3-27-21(26)19-20(25)16-10-9-15(28-14-7-5-4-6-8-14)11-17(16)18(22-19)12-23(2)13-24/h4-11,13,25H,3,12H2,1-2H3. The Morgan fingerprint density at radius 1 is 1.14 bits per heavy atom. The van der Waals surface area contributed by atoms with Gasteiger partial charge < -0.3 is 19.5 Å². The summed E-state index contributed by atoms with van der Waals surface area (Å²) in [7, 11) is 1.60. The molecule has 0 spiro atoms. The molecule has 0 saturated heterocycles. The van der Waals surface area contributed by atoms with Gasteiger partial charge in [-0.1, -0.05) is 18.2 Å². The first-order valence-corrected chi connectivity index (χ1v) is 8.74. The van der Waals surface area contributed by atoms with Crippen molar-refractivity contribution in [1.29, 1.82) is 0 Å². The average molecular weight is 380 g/mol. The van der Waals surface area contributed by atoms with E-state index in [-0.39, 0.29) is 24.6 Å². The van der Waals surface area contributed by atoms with Crippen LogP contribution in [-0.2, 0) is 16.1 Å². The normalized spacial score (nSPS) is 10.5. The number of hydrogen-bond acceptors (Lipinski definition) is 6. The Kier molecular flexibility index (Phi) is 5.74. The van der Waals surface area contributed by atoms with E-state index in [1.165, 1.54) is 4.90 Å². The first-order valence-electron chi connectivity index (χ1n) is 8.74. The number of para-hydroxylation sites is 1. The van der Waals surface area contributed by atoms with Crippen LogP contribution in [0.15, 0.2) is 48.5 Å². The third-order valence-electron chi connectivity index (χ3n) is 4.05. The number of fused-ring (bicyclic) bond motifs is 1. The molecule has 0 radical (unpaired) electrons. The quantitative estimate of drug-likeness (QED) is 0.498. The number of carbonyl (C=O) groups is 2. The van der Waals surface area contributed by atoms with Crippen molar-refractivity contribution in [1.82, 2.24) is 9.88 Å². The summed E-state index contributed by atoms with van der Waals surface area (Å²) in [5, 5.41) is 11.6. The molecule has 1 heterocycles. The Morgan fingerprint density at radius 2 is 1.89 bits per heavy atom. The summed E-state index contributed by atoms with van der Waals surface area (Å²) in [5.41, 5.74) is 0.268. The number of carbonyl (C=O) groups excluding carboxylic acids is 2. The van der Waals surface area contributed by atoms with E-state index in [0.717, 1.165) is 0 Å². The van der Waals surface area contributed by atoms with Crippen LogP contribution in [-0.4, -0.2) is 41.0 Å². The second-order valence-corrected chi connectivity index (χ2v) is 6.12. The minimum Gasteiger partial charge on any atom is -0.505 e. The molecule has 7 heteroatoms. The van der Waals surface area contributed by atoms with Gasteiger partial charge in [0.25, 0.3) is 0 Å². The van der Waals surface area contributed by atoms with Crippen molar-refractivity contribution in [3.05, 3.63) is 59.9 Å². The summed E-state index contributed by atoms with van der Waals surface area (Å²) < 4.78 is 10.8. The van der Waals surface area contributed by atoms with Crippen LogP contribution in [0.4, 0.5) is 0 Å². The SMILES string of the molecule is CCOC(=O)c1nc(CN(C)C=O)c2cc(Oc3ccccc3)ccc2c1O. The predicted molar refractivity (Wildman–Crippen MR) is 103 cm³/mol. The molecule has 1 amide bonds. The monoisotopic (exact) mass is 380 g/mol. The smallest absolute Gasteiger partial charge is 0.360 e. The summed E-state index contributed by atoms with van der Waals surface area (Å²) in [5.74, 6) is 0.214. The van der Waals surface area contributed by atoms with Gasteiger partial charge in [-0.2, -0.15) is 0 Å². The molecular formula is C21H20N2O5. The topological polar surface area (TPSA) is 89.0 Å². The van der Waals surface area contributed by atoms with Gasteiger partial charge in [0.1, 0.15) is 11.5 Å². The van der Waals surface area contributed by atoms with Gasteiger partial charge in [-0.15, -0.1) is 0 Å². The number of nitrogens with zero attached hydrogens (tertiary/aromatic N) is 2. The molecule has 0 aliphatic rings. The van der Waals surface area contributed by atoms with Crippen molar-refractivity contribution in [3.8, 4) is 17.2 Å². The van der Waals surface area contributed by atoms with E-state index in [1.54, 1.807) is 32.2 Å². The van der Waals surface area contributed by atoms with Crippen LogP contribution in [0, 0.1) is 0 Å². The Balaban J connectivity index is 2.11. The van der Waals surface area contributed by atoms with Gasteiger partial charge in [-0.3, -0.25) is 4.79 Å². The molecule has 0 bridgehead atoms. The maximum atomic E-state index is 12.2. The van der Waals surface area contributed by atoms with E-state index in [0.29, 0.717) is 34.4 Å². The van der Waals surface area contributed by atoms with Gasteiger partial charge in [0.15, 0.2) is 11.4 Å². The summed E-state index contributed by atoms with van der Waals surface area (Å²) >= 11 is 0. The Bertz CT molecular complexity index is 1000. The minimum absolute atomic E-state index is 0.154. The fourth-order valence-electron chi connectivity index (χ4n) is 2.77. The lowest BCUT2D eigenvalue weighted by Crippen LogP contribution is -2.18. The van der Waals surface area contributed by atoms with Crippen LogP contribution < -0.4 is 4.74 Å². The van der Waals surface area contributed by atoms with E-state index in [4.69, 9.17) is 9.47 Å². The number of benzene rings is 2. The molecule has 144 valence electrons. The Morgan fingerprint density at radius 3 is 2.57 bits per heavy atom. The lowest BCUT2D eigenvalue weighted by atomic mass is 10.1. The highest BCUT2D eigenvalue weighted by atomic mass is 16.5. The zero-order chi connectivity index (χ0) is 20.1. The second kappa shape index (κ2) is 8.39. The number of ether oxygens (including phenoxy) is 2. The molecule has 3 rings (SSSR count). The predicted octanol–water partition coefficient (Wildman–Crippen LogP) is 3.50. The fourth-order valence-corrected chi connectivity index (χ4v) is 2.77. The molecule has 2 aromatic carbocycles. The lowest BCUT2D eigenvalue weighted by Gasteiger charge is -2.16. The number of esters is 1. The lowest BCUT2D eigenvalue weighted by molar-refractivity contribution is -0.117. The van der Waals surface area contributed by atoms with Gasteiger partial charge in [0.2, 0.25) is 6.41 Å². The first-order chi connectivity index (χ1) is 13.5. The van der Waals surface area contributed by atoms with Crippen molar-refractivity contribution in [3.63, 3.8) is 0 Å². The van der Waals surface area contributed by atoms with Crippen LogP contribution in [0.1, 0.15) is 23.1 Å². The highest BCUT2D eigenvalue weighted by Crippen LogP contribution is 2.34. The largest absolute Gasteiger partial charge is 0.505 e. The second-order valence-electron chi connectivity index (χ2n) is 6.12. The third-order valence-corrected chi connectivity index (χ3v) is 4.05. The molecule has 0 atom stereocenters. The molecule has 7 nitrogen and oxygen atoms in total. The van der Waals surface area contributed by atoms with Gasteiger partial charge in [-0.25, -0.2) is 9.78 Å². The highest BCUT2D eigenvalue weighted by molar-refractivity contribution is 6.00. The summed E-state index contributed by atoms with van der Waals surface area (Å²) in [6.45, 7) is 1.98. The molecule has 0 unspecified atom stereocenters. The molecule has 0 aliphatic heterocycles. The van der Waals surface area contributed by atoms with E-state index in [1.807, 2.05) is 30.3 Å². The molecule has 1 aromatic heterocycles. The Hall–Kier alpha value is -3.61. The third kappa shape index (κ3) is 4.03. The molecular weight excluding hydrogens is 360 g/mol. The molecule has 1 N–H and O–H groups in total. The Labute approximate surface area is 162 Å². The van der Waals surface area contributed by atoms with Crippen molar-refractivity contribution in [2.75, 3.05) is 13.7 Å². The molecule has 0 fully saturated rings. The van der Waals surface area contributed by atoms with Gasteiger partial charge in [0.05, 0.1) is 18.8 Å². The maximum absolute atomic E-state index is 12.2. The van der Waals surface area contributed by atoms with Crippen LogP contribution in [0.3, 0.4) is 0 Å². The van der Waals surface area contributed by atoms with Crippen LogP contribution in [0.2, 0.25) is 0 Å². The summed E-state index contributed by atoms with van der Waals surface area (Å²) in [4.78, 5) is 28.9. The van der Waals surface area contributed by atoms with Crippen molar-refractivity contribution >= 4 is 23.2 Å². The van der Waals surface area contributed by atoms with Crippen molar-refractivity contribution < 1.29 is 24.2 Å². The number of rotatable bonds is 7. The van der Waals surface area contributed by atoms with Gasteiger partial charge in [-0.05, 0) is 37.3 Å². The van der Waals surface area contributed by atoms with E-state index >= 15 is 0 Å². The van der Waals surface area contributed by atoms with Gasteiger partial charge >= 0.3 is 5.97 Å². The average Bonchev–Trinajstić information content (AvgIpc) is 2.70. The molecule has 0 saturated carbocycles. The molecule has 3 aromatic rings. The molecule has 28 heavy (non-hydrogen) atoms. The van der Waals surface area contributed by atoms with Crippen LogP contribution in [0.5, 0.6) is 17.2 Å². The van der Waals surface area contributed by atoms with Gasteiger partial charge in [0, 0.05) is 17.8 Å². The number of amides is 1. The summed E-state index contributed by atoms with van der Waals surface area (Å²) in [6, 6.07) is 14.3. The van der Waals surface area contributed by atoms with Crippen LogP contribution in [0.25, 0.3) is 10.8 Å². The van der Waals surface area contributed by atoms with E-state index < -0.39 is 5.97 Å². The number of pyridine rings is 1.